The second kappa shape index (κ2) is 8.95. The third kappa shape index (κ3) is 4.65. The first kappa shape index (κ1) is 21.1. The Morgan fingerprint density at radius 2 is 1.77 bits per heavy atom. The summed E-state index contributed by atoms with van der Waals surface area (Å²) in [7, 11) is 1.33. The lowest BCUT2D eigenvalue weighted by Gasteiger charge is -2.12. The number of imide groups is 1. The Morgan fingerprint density at radius 3 is 2.45 bits per heavy atom. The van der Waals surface area contributed by atoms with Gasteiger partial charge in [-0.15, -0.1) is 0 Å². The van der Waals surface area contributed by atoms with E-state index in [0.29, 0.717) is 22.0 Å². The maximum atomic E-state index is 12.7. The van der Waals surface area contributed by atoms with Gasteiger partial charge in [-0.05, 0) is 53.7 Å². The van der Waals surface area contributed by atoms with E-state index in [1.165, 1.54) is 12.0 Å². The fourth-order valence-electron chi connectivity index (χ4n) is 3.01. The summed E-state index contributed by atoms with van der Waals surface area (Å²) in [6, 6.07) is 17.8. The number of methoxy groups -OCH3 is 1. The van der Waals surface area contributed by atoms with Crippen molar-refractivity contribution >= 4 is 50.9 Å². The number of benzene rings is 2. The van der Waals surface area contributed by atoms with Crippen molar-refractivity contribution < 1.29 is 23.5 Å². The first-order valence-electron chi connectivity index (χ1n) is 9.23. The molecular weight excluding hydrogens is 482 g/mol. The fourth-order valence-corrected chi connectivity index (χ4v) is 4.09. The van der Waals surface area contributed by atoms with Gasteiger partial charge in [-0.25, -0.2) is 4.79 Å². The van der Waals surface area contributed by atoms with Crippen molar-refractivity contribution in [1.82, 2.24) is 4.90 Å². The third-order valence-corrected chi connectivity index (χ3v) is 6.05. The Bertz CT molecular complexity index is 1180. The molecule has 1 saturated heterocycles. The van der Waals surface area contributed by atoms with Crippen LogP contribution >= 0.6 is 27.7 Å². The van der Waals surface area contributed by atoms with Gasteiger partial charge in [0.2, 0.25) is 0 Å². The van der Waals surface area contributed by atoms with E-state index < -0.39 is 5.97 Å². The van der Waals surface area contributed by atoms with Crippen molar-refractivity contribution in [2.45, 2.75) is 6.54 Å². The molecule has 1 aliphatic heterocycles. The Balaban J connectivity index is 1.50. The van der Waals surface area contributed by atoms with Gasteiger partial charge in [0.1, 0.15) is 11.5 Å². The van der Waals surface area contributed by atoms with Crippen molar-refractivity contribution in [2.75, 3.05) is 7.11 Å². The van der Waals surface area contributed by atoms with Gasteiger partial charge >= 0.3 is 5.97 Å². The molecule has 4 rings (SSSR count). The zero-order valence-electron chi connectivity index (χ0n) is 16.3. The van der Waals surface area contributed by atoms with Crippen LogP contribution in [-0.4, -0.2) is 29.1 Å². The quantitative estimate of drug-likeness (QED) is 0.330. The van der Waals surface area contributed by atoms with Gasteiger partial charge in [0.15, 0.2) is 0 Å². The lowest BCUT2D eigenvalue weighted by molar-refractivity contribution is -0.123. The average Bonchev–Trinajstić information content (AvgIpc) is 3.35. The average molecular weight is 498 g/mol. The minimum atomic E-state index is -0.412. The van der Waals surface area contributed by atoms with Crippen LogP contribution in [0, 0.1) is 0 Å². The molecule has 0 unspecified atom stereocenters. The molecule has 0 radical (unpaired) electrons. The Kier molecular flexibility index (Phi) is 6.11. The van der Waals surface area contributed by atoms with Crippen LogP contribution in [0.1, 0.15) is 21.7 Å². The van der Waals surface area contributed by atoms with Gasteiger partial charge in [-0.3, -0.25) is 14.5 Å². The molecule has 0 aliphatic carbocycles. The summed E-state index contributed by atoms with van der Waals surface area (Å²) in [6.07, 6.45) is 1.57. The molecule has 0 bridgehead atoms. The molecule has 8 heteroatoms. The number of carbonyl (C=O) groups excluding carboxylic acids is 3. The summed E-state index contributed by atoms with van der Waals surface area (Å²) >= 11 is 4.26. The second-order valence-corrected chi connectivity index (χ2v) is 8.57. The van der Waals surface area contributed by atoms with E-state index in [9.17, 15) is 14.4 Å². The monoisotopic (exact) mass is 497 g/mol. The molecule has 6 nitrogen and oxygen atoms in total. The minimum absolute atomic E-state index is 0.214. The van der Waals surface area contributed by atoms with Gasteiger partial charge in [0.05, 0.1) is 24.1 Å². The maximum Gasteiger partial charge on any atom is 0.337 e. The smallest absolute Gasteiger partial charge is 0.337 e. The van der Waals surface area contributed by atoms with Crippen molar-refractivity contribution in [2.24, 2.45) is 0 Å². The largest absolute Gasteiger partial charge is 0.465 e. The van der Waals surface area contributed by atoms with E-state index in [4.69, 9.17) is 9.15 Å². The van der Waals surface area contributed by atoms with Crippen LogP contribution in [0.25, 0.3) is 17.4 Å². The number of esters is 1. The van der Waals surface area contributed by atoms with E-state index in [-0.39, 0.29) is 17.7 Å². The predicted molar refractivity (Wildman–Crippen MR) is 121 cm³/mol. The molecule has 2 aromatic carbocycles. The predicted octanol–water partition coefficient (Wildman–Crippen LogP) is 5.73. The van der Waals surface area contributed by atoms with E-state index >= 15 is 0 Å². The molecule has 31 heavy (non-hydrogen) atoms. The molecular formula is C23H16BrNO5S. The van der Waals surface area contributed by atoms with E-state index in [1.807, 2.05) is 24.3 Å². The van der Waals surface area contributed by atoms with Crippen LogP contribution in [0.15, 0.2) is 74.5 Å². The Labute approximate surface area is 191 Å². The minimum Gasteiger partial charge on any atom is -0.465 e. The third-order valence-electron chi connectivity index (χ3n) is 4.62. The van der Waals surface area contributed by atoms with Crippen LogP contribution in [0.3, 0.4) is 0 Å². The van der Waals surface area contributed by atoms with Crippen molar-refractivity contribution in [1.29, 1.82) is 0 Å². The highest BCUT2D eigenvalue weighted by molar-refractivity contribution is 9.10. The van der Waals surface area contributed by atoms with E-state index in [2.05, 4.69) is 15.9 Å². The number of nitrogens with zero attached hydrogens (tertiary/aromatic N) is 1. The molecule has 156 valence electrons. The number of ether oxygens (including phenoxy) is 1. The first-order chi connectivity index (χ1) is 14.9. The molecule has 0 atom stereocenters. The van der Waals surface area contributed by atoms with Gasteiger partial charge in [-0.1, -0.05) is 40.2 Å². The highest BCUT2D eigenvalue weighted by Gasteiger charge is 2.35. The highest BCUT2D eigenvalue weighted by Crippen LogP contribution is 2.34. The molecule has 2 heterocycles. The highest BCUT2D eigenvalue weighted by atomic mass is 79.9. The number of halogens is 1. The first-order valence-corrected chi connectivity index (χ1v) is 10.8. The number of hydrogen-bond donors (Lipinski definition) is 0. The summed E-state index contributed by atoms with van der Waals surface area (Å²) in [5, 5.41) is -0.315. The number of furan rings is 1. The van der Waals surface area contributed by atoms with E-state index in [1.54, 1.807) is 42.5 Å². The lowest BCUT2D eigenvalue weighted by Crippen LogP contribution is -2.27. The van der Waals surface area contributed by atoms with Crippen LogP contribution < -0.4 is 0 Å². The van der Waals surface area contributed by atoms with Gasteiger partial charge < -0.3 is 9.15 Å². The van der Waals surface area contributed by atoms with Crippen LogP contribution in [0.2, 0.25) is 0 Å². The molecule has 1 fully saturated rings. The molecule has 0 saturated carbocycles. The van der Waals surface area contributed by atoms with Gasteiger partial charge in [-0.2, -0.15) is 0 Å². The number of hydrogen-bond acceptors (Lipinski definition) is 6. The summed E-state index contributed by atoms with van der Waals surface area (Å²) in [6.45, 7) is 0.214. The zero-order valence-corrected chi connectivity index (χ0v) is 18.7. The SMILES string of the molecule is COC(=O)c1ccc(-c2ccc(/C=C3\SC(=O)N(Cc4ccc(Br)cc4)C3=O)o2)cc1. The van der Waals surface area contributed by atoms with Gasteiger partial charge in [0.25, 0.3) is 11.1 Å². The summed E-state index contributed by atoms with van der Waals surface area (Å²) in [5.74, 6) is 0.279. The second-order valence-electron chi connectivity index (χ2n) is 6.67. The molecule has 1 aliphatic rings. The molecule has 3 aromatic rings. The topological polar surface area (TPSA) is 76.8 Å². The van der Waals surface area contributed by atoms with Crippen molar-refractivity contribution in [3.63, 3.8) is 0 Å². The zero-order chi connectivity index (χ0) is 22.0. The van der Waals surface area contributed by atoms with Crippen LogP contribution in [0.5, 0.6) is 0 Å². The summed E-state index contributed by atoms with van der Waals surface area (Å²) in [4.78, 5) is 38.1. The summed E-state index contributed by atoms with van der Waals surface area (Å²) in [5.41, 5.74) is 2.08. The van der Waals surface area contributed by atoms with E-state index in [0.717, 1.165) is 27.4 Å². The Morgan fingerprint density at radius 1 is 1.06 bits per heavy atom. The number of carbonyl (C=O) groups is 3. The lowest BCUT2D eigenvalue weighted by atomic mass is 10.1. The fraction of sp³-hybridized carbons (Fsp3) is 0.0870. The van der Waals surface area contributed by atoms with Gasteiger partial charge in [0, 0.05) is 16.1 Å². The van der Waals surface area contributed by atoms with Crippen LogP contribution in [-0.2, 0) is 16.1 Å². The number of amides is 2. The molecule has 0 spiro atoms. The Hall–Kier alpha value is -3.10. The molecule has 1 aromatic heterocycles. The molecule has 0 N–H and O–H groups in total. The van der Waals surface area contributed by atoms with Crippen molar-refractivity contribution in [3.05, 3.63) is 86.9 Å². The van der Waals surface area contributed by atoms with Crippen molar-refractivity contribution in [3.8, 4) is 11.3 Å². The standard InChI is InChI=1S/C23H16BrNO5S/c1-29-22(27)16-6-4-15(5-7-16)19-11-10-18(30-19)12-20-21(26)25(23(28)31-20)13-14-2-8-17(24)9-3-14/h2-12H,13H2,1H3/b20-12-. The maximum absolute atomic E-state index is 12.7. The summed E-state index contributed by atoms with van der Waals surface area (Å²) < 4.78 is 11.4. The molecule has 2 amide bonds. The normalized spacial score (nSPS) is 15.0. The van der Waals surface area contributed by atoms with Crippen LogP contribution in [0.4, 0.5) is 4.79 Å². The number of rotatable bonds is 5. The number of thioether (sulfide) groups is 1.